The number of nitrogens with zero attached hydrogens (tertiary/aromatic N) is 1. The molecule has 0 spiro atoms. The molecule has 168 valence electrons. The van der Waals surface area contributed by atoms with Crippen molar-refractivity contribution in [3.8, 4) is 0 Å². The summed E-state index contributed by atoms with van der Waals surface area (Å²) < 4.78 is 37.0. The lowest BCUT2D eigenvalue weighted by Crippen LogP contribution is -2.49. The van der Waals surface area contributed by atoms with Gasteiger partial charge in [0.15, 0.2) is 5.76 Å². The molecular weight excluding hydrogens is 422 g/mol. The zero-order chi connectivity index (χ0) is 22.4. The average Bonchev–Trinajstić information content (AvgIpc) is 3.31. The minimum atomic E-state index is -3.56. The monoisotopic (exact) mass is 449 g/mol. The van der Waals surface area contributed by atoms with Gasteiger partial charge in [0.1, 0.15) is 6.04 Å². The molecular formula is C21H27N3O6S. The van der Waals surface area contributed by atoms with Gasteiger partial charge in [-0.2, -0.15) is 4.31 Å². The van der Waals surface area contributed by atoms with Gasteiger partial charge < -0.3 is 19.8 Å². The van der Waals surface area contributed by atoms with Crippen molar-refractivity contribution >= 4 is 21.8 Å². The fraction of sp³-hybridized carbons (Fsp3) is 0.429. The van der Waals surface area contributed by atoms with Gasteiger partial charge in [-0.3, -0.25) is 9.59 Å². The summed E-state index contributed by atoms with van der Waals surface area (Å²) in [7, 11) is -3.56. The van der Waals surface area contributed by atoms with Crippen molar-refractivity contribution in [1.29, 1.82) is 0 Å². The highest BCUT2D eigenvalue weighted by Crippen LogP contribution is 2.18. The number of rotatable bonds is 8. The van der Waals surface area contributed by atoms with Crippen molar-refractivity contribution in [3.63, 3.8) is 0 Å². The van der Waals surface area contributed by atoms with Crippen molar-refractivity contribution in [2.45, 2.75) is 31.3 Å². The van der Waals surface area contributed by atoms with Gasteiger partial charge in [-0.1, -0.05) is 26.0 Å². The molecule has 1 atom stereocenters. The summed E-state index contributed by atoms with van der Waals surface area (Å²) in [4.78, 5) is 25.0. The molecule has 10 heteroatoms. The van der Waals surface area contributed by atoms with E-state index in [1.165, 1.54) is 28.8 Å². The van der Waals surface area contributed by atoms with Crippen LogP contribution >= 0.6 is 0 Å². The lowest BCUT2D eigenvalue weighted by Gasteiger charge is -2.26. The third kappa shape index (κ3) is 5.72. The number of morpholine rings is 1. The van der Waals surface area contributed by atoms with Gasteiger partial charge in [0.05, 0.1) is 24.4 Å². The number of nitrogens with one attached hydrogen (secondary N) is 2. The quantitative estimate of drug-likeness (QED) is 0.629. The molecule has 0 radical (unpaired) electrons. The topological polar surface area (TPSA) is 118 Å². The van der Waals surface area contributed by atoms with E-state index in [4.69, 9.17) is 9.15 Å². The maximum absolute atomic E-state index is 12.7. The fourth-order valence-electron chi connectivity index (χ4n) is 3.17. The molecule has 1 aromatic heterocycles. The average molecular weight is 450 g/mol. The van der Waals surface area contributed by atoms with Crippen LogP contribution in [-0.2, 0) is 26.1 Å². The SMILES string of the molecule is CC(C)[C@H](NC(=O)c1ccco1)C(=O)NCc1ccc(S(=O)(=O)N2CCOCC2)cc1. The smallest absolute Gasteiger partial charge is 0.287 e. The van der Waals surface area contributed by atoms with Crippen molar-refractivity contribution in [2.75, 3.05) is 26.3 Å². The van der Waals surface area contributed by atoms with Gasteiger partial charge >= 0.3 is 0 Å². The van der Waals surface area contributed by atoms with Crippen LogP contribution in [-0.4, -0.2) is 56.9 Å². The first-order valence-corrected chi connectivity index (χ1v) is 11.5. The molecule has 0 aliphatic carbocycles. The van der Waals surface area contributed by atoms with Gasteiger partial charge in [0, 0.05) is 19.6 Å². The molecule has 1 fully saturated rings. The van der Waals surface area contributed by atoms with Crippen LogP contribution in [0.1, 0.15) is 30.0 Å². The Morgan fingerprint density at radius 3 is 2.35 bits per heavy atom. The van der Waals surface area contributed by atoms with E-state index in [9.17, 15) is 18.0 Å². The molecule has 3 rings (SSSR count). The van der Waals surface area contributed by atoms with E-state index < -0.39 is 22.0 Å². The summed E-state index contributed by atoms with van der Waals surface area (Å²) in [5, 5.41) is 5.47. The first-order chi connectivity index (χ1) is 14.8. The zero-order valence-corrected chi connectivity index (χ0v) is 18.4. The minimum absolute atomic E-state index is 0.135. The van der Waals surface area contributed by atoms with Crippen LogP contribution in [0.2, 0.25) is 0 Å². The van der Waals surface area contributed by atoms with Crippen LogP contribution in [0.25, 0.3) is 0 Å². The van der Waals surface area contributed by atoms with E-state index in [-0.39, 0.29) is 29.0 Å². The van der Waals surface area contributed by atoms with Crippen LogP contribution < -0.4 is 10.6 Å². The van der Waals surface area contributed by atoms with Crippen LogP contribution in [0.3, 0.4) is 0 Å². The molecule has 1 aliphatic rings. The van der Waals surface area contributed by atoms with Crippen molar-refractivity contribution in [2.24, 2.45) is 5.92 Å². The number of sulfonamides is 1. The molecule has 2 N–H and O–H groups in total. The number of hydrogen-bond acceptors (Lipinski definition) is 6. The molecule has 2 heterocycles. The number of ether oxygens (including phenoxy) is 1. The van der Waals surface area contributed by atoms with Gasteiger partial charge in [0.2, 0.25) is 15.9 Å². The third-order valence-electron chi connectivity index (χ3n) is 4.98. The normalized spacial score (nSPS) is 16.1. The lowest BCUT2D eigenvalue weighted by molar-refractivity contribution is -0.124. The molecule has 2 aromatic rings. The predicted molar refractivity (Wildman–Crippen MR) is 113 cm³/mol. The summed E-state index contributed by atoms with van der Waals surface area (Å²) in [5.74, 6) is -0.799. The van der Waals surface area contributed by atoms with E-state index in [1.807, 2.05) is 13.8 Å². The zero-order valence-electron chi connectivity index (χ0n) is 17.5. The summed E-state index contributed by atoms with van der Waals surface area (Å²) >= 11 is 0. The number of amides is 2. The Labute approximate surface area is 181 Å². The highest BCUT2D eigenvalue weighted by molar-refractivity contribution is 7.89. The van der Waals surface area contributed by atoms with Crippen molar-refractivity contribution < 1.29 is 27.2 Å². The lowest BCUT2D eigenvalue weighted by atomic mass is 10.0. The highest BCUT2D eigenvalue weighted by Gasteiger charge is 2.27. The van der Waals surface area contributed by atoms with Crippen LogP contribution in [0.4, 0.5) is 0 Å². The second-order valence-corrected chi connectivity index (χ2v) is 9.49. The Bertz CT molecular complexity index is 981. The molecule has 31 heavy (non-hydrogen) atoms. The van der Waals surface area contributed by atoms with E-state index >= 15 is 0 Å². The summed E-state index contributed by atoms with van der Waals surface area (Å²) in [6, 6.07) is 8.78. The maximum atomic E-state index is 12.7. The van der Waals surface area contributed by atoms with E-state index in [0.717, 1.165) is 5.56 Å². The van der Waals surface area contributed by atoms with Gasteiger partial charge in [-0.05, 0) is 35.7 Å². The maximum Gasteiger partial charge on any atom is 0.287 e. The van der Waals surface area contributed by atoms with E-state index in [2.05, 4.69) is 10.6 Å². The summed E-state index contributed by atoms with van der Waals surface area (Å²) in [5.41, 5.74) is 0.745. The van der Waals surface area contributed by atoms with Gasteiger partial charge in [0.25, 0.3) is 5.91 Å². The fourth-order valence-corrected chi connectivity index (χ4v) is 4.58. The van der Waals surface area contributed by atoms with Crippen molar-refractivity contribution in [1.82, 2.24) is 14.9 Å². The molecule has 2 amide bonds. The molecule has 0 saturated carbocycles. The third-order valence-corrected chi connectivity index (χ3v) is 6.89. The van der Waals surface area contributed by atoms with Gasteiger partial charge in [-0.15, -0.1) is 0 Å². The number of carbonyl (C=O) groups is 2. The molecule has 1 saturated heterocycles. The van der Waals surface area contributed by atoms with Crippen LogP contribution in [0.15, 0.2) is 52.0 Å². The predicted octanol–water partition coefficient (Wildman–Crippen LogP) is 1.37. The Balaban J connectivity index is 1.59. The molecule has 1 aromatic carbocycles. The second-order valence-electron chi connectivity index (χ2n) is 7.55. The Morgan fingerprint density at radius 2 is 1.77 bits per heavy atom. The highest BCUT2D eigenvalue weighted by atomic mass is 32.2. The minimum Gasteiger partial charge on any atom is -0.459 e. The standard InChI is InChI=1S/C21H27N3O6S/c1-15(2)19(23-20(25)18-4-3-11-30-18)21(26)22-14-16-5-7-17(8-6-16)31(27,28)24-9-12-29-13-10-24/h3-8,11,15,19H,9-10,12-14H2,1-2H3,(H,22,26)(H,23,25)/t19-/m0/s1. The Hall–Kier alpha value is -2.69. The molecule has 1 aliphatic heterocycles. The summed E-state index contributed by atoms with van der Waals surface area (Å²) in [6.07, 6.45) is 1.39. The Kier molecular flexibility index (Phi) is 7.47. The van der Waals surface area contributed by atoms with Gasteiger partial charge in [-0.25, -0.2) is 8.42 Å². The summed E-state index contributed by atoms with van der Waals surface area (Å²) in [6.45, 7) is 5.31. The first-order valence-electron chi connectivity index (χ1n) is 10.1. The van der Waals surface area contributed by atoms with E-state index in [0.29, 0.717) is 26.3 Å². The molecule has 0 bridgehead atoms. The second kappa shape index (κ2) is 10.1. The molecule has 9 nitrogen and oxygen atoms in total. The number of furan rings is 1. The van der Waals surface area contributed by atoms with E-state index in [1.54, 1.807) is 18.2 Å². The van der Waals surface area contributed by atoms with Crippen molar-refractivity contribution in [3.05, 3.63) is 54.0 Å². The molecule has 0 unspecified atom stereocenters. The Morgan fingerprint density at radius 1 is 1.10 bits per heavy atom. The number of carbonyl (C=O) groups excluding carboxylic acids is 2. The largest absolute Gasteiger partial charge is 0.459 e. The number of hydrogen-bond donors (Lipinski definition) is 2. The van der Waals surface area contributed by atoms with Crippen LogP contribution in [0.5, 0.6) is 0 Å². The van der Waals surface area contributed by atoms with Crippen LogP contribution in [0, 0.1) is 5.92 Å². The first kappa shape index (κ1) is 23.0. The number of benzene rings is 1.